The molecule has 0 saturated carbocycles. The highest BCUT2D eigenvalue weighted by Gasteiger charge is 2.28. The van der Waals surface area contributed by atoms with Crippen molar-refractivity contribution in [3.63, 3.8) is 0 Å². The molecular weight excluding hydrogens is 352 g/mol. The Kier molecular flexibility index (Phi) is 6.64. The average molecular weight is 374 g/mol. The highest BCUT2D eigenvalue weighted by molar-refractivity contribution is 6.01. The number of amides is 1. The van der Waals surface area contributed by atoms with E-state index in [9.17, 15) is 14.4 Å². The van der Waals surface area contributed by atoms with E-state index in [2.05, 4.69) is 15.6 Å². The maximum atomic E-state index is 12.4. The lowest BCUT2D eigenvalue weighted by Crippen LogP contribution is -2.24. The molecule has 1 amide bonds. The van der Waals surface area contributed by atoms with E-state index >= 15 is 0 Å². The summed E-state index contributed by atoms with van der Waals surface area (Å²) in [6, 6.07) is 5.67. The lowest BCUT2D eigenvalue weighted by atomic mass is 10.1. The van der Waals surface area contributed by atoms with Crippen LogP contribution in [0.3, 0.4) is 0 Å². The Bertz CT molecular complexity index is 859. The number of carbonyl (C=O) groups excluding carboxylic acids is 3. The molecule has 1 heterocycles. The van der Waals surface area contributed by atoms with E-state index in [1.54, 1.807) is 13.8 Å². The van der Waals surface area contributed by atoms with Crippen molar-refractivity contribution in [1.82, 2.24) is 15.0 Å². The van der Waals surface area contributed by atoms with E-state index < -0.39 is 17.8 Å². The van der Waals surface area contributed by atoms with Crippen LogP contribution in [-0.2, 0) is 20.8 Å². The number of benzene rings is 1. The van der Waals surface area contributed by atoms with E-state index in [0.29, 0.717) is 5.69 Å². The number of hydrogen-bond donors (Lipinski definition) is 1. The molecule has 0 fully saturated rings. The molecule has 0 radical (unpaired) electrons. The molecule has 0 atom stereocenters. The number of anilines is 1. The lowest BCUT2D eigenvalue weighted by molar-refractivity contribution is -0.117. The molecule has 27 heavy (non-hydrogen) atoms. The van der Waals surface area contributed by atoms with Gasteiger partial charge in [0.15, 0.2) is 5.69 Å². The van der Waals surface area contributed by atoms with Crippen LogP contribution in [0.2, 0.25) is 0 Å². The SMILES string of the molecule is CCOC(=O)c1nnn(CC(=O)Nc2cc(C)ccc2C)c1C(=O)OCC. The van der Waals surface area contributed by atoms with E-state index in [-0.39, 0.29) is 31.1 Å². The number of esters is 2. The summed E-state index contributed by atoms with van der Waals surface area (Å²) >= 11 is 0. The average Bonchev–Trinajstić information content (AvgIpc) is 3.02. The number of aryl methyl sites for hydroxylation is 2. The number of ether oxygens (including phenoxy) is 2. The number of carbonyl (C=O) groups is 3. The molecule has 9 heteroatoms. The molecular formula is C18H22N4O5. The fourth-order valence-corrected chi connectivity index (χ4v) is 2.36. The van der Waals surface area contributed by atoms with Gasteiger partial charge >= 0.3 is 11.9 Å². The summed E-state index contributed by atoms with van der Waals surface area (Å²) in [5, 5.41) is 10.2. The van der Waals surface area contributed by atoms with E-state index in [1.807, 2.05) is 32.0 Å². The molecule has 0 aliphatic rings. The minimum Gasteiger partial charge on any atom is -0.461 e. The van der Waals surface area contributed by atoms with Crippen LogP contribution in [0.5, 0.6) is 0 Å². The second-order valence-electron chi connectivity index (χ2n) is 5.75. The summed E-state index contributed by atoms with van der Waals surface area (Å²) in [4.78, 5) is 36.6. The highest BCUT2D eigenvalue weighted by Crippen LogP contribution is 2.17. The molecule has 0 aliphatic carbocycles. The van der Waals surface area contributed by atoms with Crippen LogP contribution in [0, 0.1) is 13.8 Å². The summed E-state index contributed by atoms with van der Waals surface area (Å²) in [6.07, 6.45) is 0. The van der Waals surface area contributed by atoms with Gasteiger partial charge in [-0.05, 0) is 44.9 Å². The standard InChI is InChI=1S/C18H22N4O5/c1-5-26-17(24)15-16(18(25)27-6-2)22(21-20-15)10-14(23)19-13-9-11(3)7-8-12(13)4/h7-9H,5-6,10H2,1-4H3,(H,19,23). The van der Waals surface area contributed by atoms with Gasteiger partial charge in [-0.15, -0.1) is 5.10 Å². The first-order valence-corrected chi connectivity index (χ1v) is 8.52. The lowest BCUT2D eigenvalue weighted by Gasteiger charge is -2.10. The Labute approximate surface area is 156 Å². The molecule has 9 nitrogen and oxygen atoms in total. The molecule has 0 spiro atoms. The number of nitrogens with one attached hydrogen (secondary N) is 1. The van der Waals surface area contributed by atoms with Crippen molar-refractivity contribution in [2.24, 2.45) is 0 Å². The Morgan fingerprint density at radius 1 is 1.07 bits per heavy atom. The van der Waals surface area contributed by atoms with Crippen LogP contribution in [0.25, 0.3) is 0 Å². The van der Waals surface area contributed by atoms with Crippen LogP contribution >= 0.6 is 0 Å². The molecule has 1 N–H and O–H groups in total. The zero-order chi connectivity index (χ0) is 20.0. The molecule has 1 aromatic heterocycles. The topological polar surface area (TPSA) is 112 Å². The van der Waals surface area contributed by atoms with Crippen LogP contribution in [0.4, 0.5) is 5.69 Å². The van der Waals surface area contributed by atoms with Crippen molar-refractivity contribution in [3.8, 4) is 0 Å². The van der Waals surface area contributed by atoms with Crippen molar-refractivity contribution >= 4 is 23.5 Å². The zero-order valence-electron chi connectivity index (χ0n) is 15.7. The minimum atomic E-state index is -0.804. The minimum absolute atomic E-state index is 0.0982. The van der Waals surface area contributed by atoms with Gasteiger partial charge in [0.2, 0.25) is 11.6 Å². The summed E-state index contributed by atoms with van der Waals surface area (Å²) < 4.78 is 10.9. The van der Waals surface area contributed by atoms with Crippen LogP contribution in [0.1, 0.15) is 46.0 Å². The molecule has 1 aromatic carbocycles. The largest absolute Gasteiger partial charge is 0.461 e. The fourth-order valence-electron chi connectivity index (χ4n) is 2.36. The van der Waals surface area contributed by atoms with Gasteiger partial charge in [-0.3, -0.25) is 4.79 Å². The predicted octanol–water partition coefficient (Wildman–Crippen LogP) is 1.89. The Morgan fingerprint density at radius 3 is 2.41 bits per heavy atom. The van der Waals surface area contributed by atoms with Gasteiger partial charge in [0.1, 0.15) is 6.54 Å². The maximum Gasteiger partial charge on any atom is 0.361 e. The summed E-state index contributed by atoms with van der Waals surface area (Å²) in [6.45, 7) is 6.94. The molecule has 0 bridgehead atoms. The molecule has 0 saturated heterocycles. The van der Waals surface area contributed by atoms with Gasteiger partial charge in [-0.2, -0.15) is 0 Å². The highest BCUT2D eigenvalue weighted by atomic mass is 16.5. The third-order valence-electron chi connectivity index (χ3n) is 3.63. The molecule has 2 aromatic rings. The number of nitrogens with zero attached hydrogens (tertiary/aromatic N) is 3. The third-order valence-corrected chi connectivity index (χ3v) is 3.63. The number of rotatable bonds is 7. The van der Waals surface area contributed by atoms with Gasteiger partial charge in [0, 0.05) is 5.69 Å². The summed E-state index contributed by atoms with van der Waals surface area (Å²) in [5.74, 6) is -2.03. The van der Waals surface area contributed by atoms with Gasteiger partial charge < -0.3 is 14.8 Å². The monoisotopic (exact) mass is 374 g/mol. The van der Waals surface area contributed by atoms with Gasteiger partial charge in [0.05, 0.1) is 13.2 Å². The first kappa shape index (κ1) is 20.1. The number of hydrogen-bond acceptors (Lipinski definition) is 7. The molecule has 0 unspecified atom stereocenters. The van der Waals surface area contributed by atoms with Crippen molar-refractivity contribution in [3.05, 3.63) is 40.7 Å². The normalized spacial score (nSPS) is 10.4. The predicted molar refractivity (Wildman–Crippen MR) is 96.5 cm³/mol. The fraction of sp³-hybridized carbons (Fsp3) is 0.389. The van der Waals surface area contributed by atoms with Gasteiger partial charge in [0.25, 0.3) is 0 Å². The summed E-state index contributed by atoms with van der Waals surface area (Å²) in [5.41, 5.74) is 2.04. The third kappa shape index (κ3) is 4.90. The van der Waals surface area contributed by atoms with Gasteiger partial charge in [-0.1, -0.05) is 17.3 Å². The van der Waals surface area contributed by atoms with E-state index in [4.69, 9.17) is 9.47 Å². The van der Waals surface area contributed by atoms with Crippen molar-refractivity contribution in [2.75, 3.05) is 18.5 Å². The van der Waals surface area contributed by atoms with Crippen LogP contribution < -0.4 is 5.32 Å². The quantitative estimate of drug-likeness (QED) is 0.736. The van der Waals surface area contributed by atoms with E-state index in [0.717, 1.165) is 15.8 Å². The second-order valence-corrected chi connectivity index (χ2v) is 5.75. The molecule has 144 valence electrons. The first-order chi connectivity index (χ1) is 12.9. The maximum absolute atomic E-state index is 12.4. The number of aromatic nitrogens is 3. The Hall–Kier alpha value is -3.23. The summed E-state index contributed by atoms with van der Waals surface area (Å²) in [7, 11) is 0. The zero-order valence-corrected chi connectivity index (χ0v) is 15.7. The molecule has 0 aliphatic heterocycles. The van der Waals surface area contributed by atoms with Gasteiger partial charge in [-0.25, -0.2) is 14.3 Å². The Morgan fingerprint density at radius 2 is 1.74 bits per heavy atom. The Balaban J connectivity index is 2.26. The van der Waals surface area contributed by atoms with Crippen molar-refractivity contribution in [1.29, 1.82) is 0 Å². The second kappa shape index (κ2) is 8.93. The van der Waals surface area contributed by atoms with E-state index in [1.165, 1.54) is 0 Å². The smallest absolute Gasteiger partial charge is 0.361 e. The molecule has 2 rings (SSSR count). The first-order valence-electron chi connectivity index (χ1n) is 8.52. The van der Waals surface area contributed by atoms with Crippen LogP contribution in [0.15, 0.2) is 18.2 Å². The van der Waals surface area contributed by atoms with Crippen molar-refractivity contribution in [2.45, 2.75) is 34.2 Å². The van der Waals surface area contributed by atoms with Crippen molar-refractivity contribution < 1.29 is 23.9 Å². The van der Waals surface area contributed by atoms with Crippen LogP contribution in [-0.4, -0.2) is 46.1 Å².